The number of carbonyl (C=O) groups excluding carboxylic acids is 1. The van der Waals surface area contributed by atoms with Crippen molar-refractivity contribution in [3.63, 3.8) is 0 Å². The van der Waals surface area contributed by atoms with Crippen LogP contribution < -0.4 is 0 Å². The fourth-order valence-electron chi connectivity index (χ4n) is 3.98. The molecule has 0 spiro atoms. The normalized spacial score (nSPS) is 24.5. The highest BCUT2D eigenvalue weighted by Crippen LogP contribution is 2.37. The summed E-state index contributed by atoms with van der Waals surface area (Å²) in [6.07, 6.45) is 4.88. The van der Waals surface area contributed by atoms with Gasteiger partial charge >= 0.3 is 0 Å². The van der Waals surface area contributed by atoms with Crippen molar-refractivity contribution in [2.75, 3.05) is 26.2 Å². The number of β-amino-alcohol motifs (C(OH)–C–C–N with tert-alkyl or cyclic N) is 1. The van der Waals surface area contributed by atoms with E-state index in [1.807, 2.05) is 4.90 Å². The Morgan fingerprint density at radius 3 is 2.88 bits per heavy atom. The molecule has 1 N–H and O–H groups in total. The number of aromatic nitrogens is 1. The molecule has 6 heteroatoms. The van der Waals surface area contributed by atoms with Crippen LogP contribution in [0.4, 0.5) is 0 Å². The molecule has 6 nitrogen and oxygen atoms in total. The van der Waals surface area contributed by atoms with Crippen molar-refractivity contribution in [1.29, 1.82) is 0 Å². The fourth-order valence-corrected chi connectivity index (χ4v) is 3.98. The molecule has 24 heavy (non-hydrogen) atoms. The number of likely N-dealkylation sites (tertiary alicyclic amines) is 2. The summed E-state index contributed by atoms with van der Waals surface area (Å²) >= 11 is 0. The van der Waals surface area contributed by atoms with Gasteiger partial charge in [-0.1, -0.05) is 19.0 Å². The first kappa shape index (κ1) is 17.4. The molecule has 1 aromatic heterocycles. The van der Waals surface area contributed by atoms with E-state index in [2.05, 4.69) is 23.9 Å². The van der Waals surface area contributed by atoms with Crippen molar-refractivity contribution >= 4 is 5.91 Å². The summed E-state index contributed by atoms with van der Waals surface area (Å²) in [5.74, 6) is 0.677. The van der Waals surface area contributed by atoms with E-state index in [0.29, 0.717) is 24.5 Å². The molecular formula is C18H29N3O3. The smallest absolute Gasteiger partial charge is 0.276 e. The molecule has 2 aliphatic heterocycles. The number of aliphatic hydroxyl groups excluding tert-OH is 1. The molecule has 1 amide bonds. The van der Waals surface area contributed by atoms with E-state index in [9.17, 15) is 9.90 Å². The predicted octanol–water partition coefficient (Wildman–Crippen LogP) is 2.28. The van der Waals surface area contributed by atoms with Crippen LogP contribution in [0.2, 0.25) is 0 Å². The molecule has 1 aromatic rings. The Morgan fingerprint density at radius 2 is 2.21 bits per heavy atom. The van der Waals surface area contributed by atoms with Crippen molar-refractivity contribution in [3.8, 4) is 0 Å². The third-order valence-corrected chi connectivity index (χ3v) is 5.86. The minimum absolute atomic E-state index is 0.0209. The van der Waals surface area contributed by atoms with Crippen LogP contribution in [0.15, 0.2) is 10.6 Å². The Labute approximate surface area is 143 Å². The van der Waals surface area contributed by atoms with Crippen LogP contribution in [0, 0.1) is 5.41 Å². The fraction of sp³-hybridized carbons (Fsp3) is 0.778. The Morgan fingerprint density at radius 1 is 1.42 bits per heavy atom. The Hall–Kier alpha value is -1.40. The lowest BCUT2D eigenvalue weighted by Crippen LogP contribution is -2.37. The van der Waals surface area contributed by atoms with E-state index in [1.165, 1.54) is 0 Å². The summed E-state index contributed by atoms with van der Waals surface area (Å²) in [7, 11) is 0. The Bertz CT molecular complexity index is 568. The second-order valence-corrected chi connectivity index (χ2v) is 7.39. The second-order valence-electron chi connectivity index (χ2n) is 7.39. The van der Waals surface area contributed by atoms with Crippen LogP contribution in [0.3, 0.4) is 0 Å². The van der Waals surface area contributed by atoms with Crippen LogP contribution in [0.1, 0.15) is 62.2 Å². The molecule has 1 unspecified atom stereocenters. The standard InChI is InChI=1S/C18H29N3O3/c1-3-18(4-2)7-9-21(13-18)17(23)16-10-15(24-19-16)12-20-8-5-6-14(22)11-20/h10,14,22H,3-9,11-13H2,1-2H3. The van der Waals surface area contributed by atoms with Crippen LogP contribution in [-0.4, -0.2) is 58.3 Å². The molecule has 0 saturated carbocycles. The molecule has 2 saturated heterocycles. The molecule has 0 aromatic carbocycles. The van der Waals surface area contributed by atoms with E-state index in [0.717, 1.165) is 51.7 Å². The van der Waals surface area contributed by atoms with Gasteiger partial charge in [-0.3, -0.25) is 9.69 Å². The lowest BCUT2D eigenvalue weighted by Gasteiger charge is -2.28. The molecular weight excluding hydrogens is 306 g/mol. The topological polar surface area (TPSA) is 69.8 Å². The molecule has 0 radical (unpaired) electrons. The van der Waals surface area contributed by atoms with Gasteiger partial charge in [-0.2, -0.15) is 0 Å². The van der Waals surface area contributed by atoms with Gasteiger partial charge in [0.15, 0.2) is 11.5 Å². The van der Waals surface area contributed by atoms with Crippen LogP contribution in [0.25, 0.3) is 0 Å². The maximum Gasteiger partial charge on any atom is 0.276 e. The number of rotatable bonds is 5. The second kappa shape index (κ2) is 7.23. The molecule has 134 valence electrons. The third kappa shape index (κ3) is 3.64. The average Bonchev–Trinajstić information content (AvgIpc) is 3.22. The molecule has 0 aliphatic carbocycles. The number of piperidine rings is 1. The molecule has 3 rings (SSSR count). The van der Waals surface area contributed by atoms with Crippen LogP contribution in [0.5, 0.6) is 0 Å². The minimum Gasteiger partial charge on any atom is -0.392 e. The maximum atomic E-state index is 12.7. The summed E-state index contributed by atoms with van der Waals surface area (Å²) < 4.78 is 5.37. The van der Waals surface area contributed by atoms with Crippen molar-refractivity contribution < 1.29 is 14.4 Å². The largest absolute Gasteiger partial charge is 0.392 e. The van der Waals surface area contributed by atoms with E-state index < -0.39 is 0 Å². The lowest BCUT2D eigenvalue weighted by molar-refractivity contribution is 0.0622. The summed E-state index contributed by atoms with van der Waals surface area (Å²) in [6, 6.07) is 1.77. The highest BCUT2D eigenvalue weighted by atomic mass is 16.5. The highest BCUT2D eigenvalue weighted by Gasteiger charge is 2.38. The molecule has 3 heterocycles. The number of carbonyl (C=O) groups is 1. The van der Waals surface area contributed by atoms with E-state index in [4.69, 9.17) is 4.52 Å². The number of nitrogens with zero attached hydrogens (tertiary/aromatic N) is 3. The molecule has 0 bridgehead atoms. The lowest BCUT2D eigenvalue weighted by atomic mass is 9.82. The predicted molar refractivity (Wildman–Crippen MR) is 90.6 cm³/mol. The number of hydrogen-bond acceptors (Lipinski definition) is 5. The van der Waals surface area contributed by atoms with Crippen LogP contribution in [-0.2, 0) is 6.54 Å². The quantitative estimate of drug-likeness (QED) is 0.894. The van der Waals surface area contributed by atoms with E-state index in [1.54, 1.807) is 6.07 Å². The molecule has 2 aliphatic rings. The van der Waals surface area contributed by atoms with E-state index >= 15 is 0 Å². The van der Waals surface area contributed by atoms with Gasteiger partial charge in [-0.15, -0.1) is 0 Å². The van der Waals surface area contributed by atoms with E-state index in [-0.39, 0.29) is 17.4 Å². The van der Waals surface area contributed by atoms with Gasteiger partial charge in [0.1, 0.15) is 0 Å². The zero-order chi connectivity index (χ0) is 17.2. The van der Waals surface area contributed by atoms with Gasteiger partial charge < -0.3 is 14.5 Å². The number of hydrogen-bond donors (Lipinski definition) is 1. The van der Waals surface area contributed by atoms with Gasteiger partial charge in [-0.05, 0) is 44.1 Å². The first-order valence-electron chi connectivity index (χ1n) is 9.20. The third-order valence-electron chi connectivity index (χ3n) is 5.86. The first-order valence-corrected chi connectivity index (χ1v) is 9.20. The SMILES string of the molecule is CCC1(CC)CCN(C(=O)c2cc(CN3CCCC(O)C3)on2)C1. The summed E-state index contributed by atoms with van der Waals surface area (Å²) in [6.45, 7) is 8.25. The zero-order valence-corrected chi connectivity index (χ0v) is 14.8. The van der Waals surface area contributed by atoms with Gasteiger partial charge in [0.2, 0.25) is 0 Å². The van der Waals surface area contributed by atoms with Gasteiger partial charge in [-0.25, -0.2) is 0 Å². The number of amides is 1. The van der Waals surface area contributed by atoms with Crippen molar-refractivity contribution in [2.24, 2.45) is 5.41 Å². The summed E-state index contributed by atoms with van der Waals surface area (Å²) in [4.78, 5) is 16.7. The summed E-state index contributed by atoms with van der Waals surface area (Å²) in [5.41, 5.74) is 0.678. The molecule has 1 atom stereocenters. The van der Waals surface area contributed by atoms with Crippen molar-refractivity contribution in [2.45, 2.75) is 58.6 Å². The maximum absolute atomic E-state index is 12.7. The van der Waals surface area contributed by atoms with Gasteiger partial charge in [0.05, 0.1) is 12.6 Å². The van der Waals surface area contributed by atoms with Crippen molar-refractivity contribution in [3.05, 3.63) is 17.5 Å². The Kier molecular flexibility index (Phi) is 5.25. The van der Waals surface area contributed by atoms with Gasteiger partial charge in [0.25, 0.3) is 5.91 Å². The Balaban J connectivity index is 1.60. The monoisotopic (exact) mass is 335 g/mol. The average molecular weight is 335 g/mol. The zero-order valence-electron chi connectivity index (χ0n) is 14.8. The van der Waals surface area contributed by atoms with Crippen molar-refractivity contribution in [1.82, 2.24) is 15.0 Å². The molecule has 2 fully saturated rings. The van der Waals surface area contributed by atoms with Gasteiger partial charge in [0, 0.05) is 25.7 Å². The highest BCUT2D eigenvalue weighted by molar-refractivity contribution is 5.92. The number of aliphatic hydroxyl groups is 1. The van der Waals surface area contributed by atoms with Crippen LogP contribution >= 0.6 is 0 Å². The summed E-state index contributed by atoms with van der Waals surface area (Å²) in [5, 5.41) is 13.7. The first-order chi connectivity index (χ1) is 11.5. The minimum atomic E-state index is -0.261.